The van der Waals surface area contributed by atoms with Gasteiger partial charge in [0.15, 0.2) is 0 Å². The zero-order valence-electron chi connectivity index (χ0n) is 7.89. The van der Waals surface area contributed by atoms with Crippen LogP contribution in [0, 0.1) is 31.0 Å². The van der Waals surface area contributed by atoms with Gasteiger partial charge < -0.3 is 0 Å². The van der Waals surface area contributed by atoms with E-state index in [1.54, 1.807) is 6.92 Å². The topological polar surface area (TPSA) is 23.8 Å². The van der Waals surface area contributed by atoms with Crippen molar-refractivity contribution in [2.45, 2.75) is 26.7 Å². The van der Waals surface area contributed by atoms with Crippen molar-refractivity contribution in [3.05, 3.63) is 34.6 Å². The van der Waals surface area contributed by atoms with Crippen LogP contribution in [0.3, 0.4) is 0 Å². The van der Waals surface area contributed by atoms with Crippen molar-refractivity contribution < 1.29 is 4.39 Å². The van der Waals surface area contributed by atoms with Crippen LogP contribution >= 0.6 is 0 Å². The number of benzene rings is 1. The Morgan fingerprint density at radius 1 is 1.38 bits per heavy atom. The van der Waals surface area contributed by atoms with E-state index in [-0.39, 0.29) is 5.82 Å². The Morgan fingerprint density at radius 3 is 2.62 bits per heavy atom. The first kappa shape index (κ1) is 9.73. The highest BCUT2D eigenvalue weighted by atomic mass is 19.1. The van der Waals surface area contributed by atoms with Crippen LogP contribution in [0.1, 0.15) is 23.1 Å². The molecule has 0 aliphatic rings. The zero-order valence-corrected chi connectivity index (χ0v) is 7.89. The third-order valence-corrected chi connectivity index (χ3v) is 2.19. The van der Waals surface area contributed by atoms with E-state index >= 15 is 0 Å². The summed E-state index contributed by atoms with van der Waals surface area (Å²) < 4.78 is 13.2. The second-order valence-corrected chi connectivity index (χ2v) is 3.18. The van der Waals surface area contributed by atoms with Crippen LogP contribution in [0.4, 0.5) is 4.39 Å². The summed E-state index contributed by atoms with van der Waals surface area (Å²) in [5, 5.41) is 8.38. The molecule has 0 N–H and O–H groups in total. The number of hydrogen-bond donors (Lipinski definition) is 0. The van der Waals surface area contributed by atoms with Crippen molar-refractivity contribution in [3.63, 3.8) is 0 Å². The normalized spacial score (nSPS) is 9.69. The van der Waals surface area contributed by atoms with Gasteiger partial charge in [0, 0.05) is 6.42 Å². The molecule has 0 bridgehead atoms. The van der Waals surface area contributed by atoms with Crippen molar-refractivity contribution in [2.24, 2.45) is 0 Å². The summed E-state index contributed by atoms with van der Waals surface area (Å²) in [5.41, 5.74) is 2.55. The maximum atomic E-state index is 13.2. The summed E-state index contributed by atoms with van der Waals surface area (Å²) in [4.78, 5) is 0. The standard InChI is InChI=1S/C11H12FN/c1-8-6-10(4-3-5-13)7-11(12)9(8)2/h6-7H,3-4H2,1-2H3. The quantitative estimate of drug-likeness (QED) is 0.681. The smallest absolute Gasteiger partial charge is 0.126 e. The number of rotatable bonds is 2. The van der Waals surface area contributed by atoms with E-state index in [1.165, 1.54) is 6.07 Å². The van der Waals surface area contributed by atoms with Gasteiger partial charge in [-0.2, -0.15) is 5.26 Å². The average molecular weight is 177 g/mol. The molecule has 0 fully saturated rings. The van der Waals surface area contributed by atoms with E-state index in [0.717, 1.165) is 11.1 Å². The number of aryl methyl sites for hydroxylation is 2. The molecule has 0 aliphatic carbocycles. The number of halogens is 1. The lowest BCUT2D eigenvalue weighted by molar-refractivity contribution is 0.614. The molecule has 0 spiro atoms. The molecular weight excluding hydrogens is 165 g/mol. The van der Waals surface area contributed by atoms with Gasteiger partial charge in [-0.3, -0.25) is 0 Å². The lowest BCUT2D eigenvalue weighted by atomic mass is 10.0. The second kappa shape index (κ2) is 4.04. The maximum absolute atomic E-state index is 13.2. The lowest BCUT2D eigenvalue weighted by Gasteiger charge is -2.04. The van der Waals surface area contributed by atoms with E-state index in [4.69, 9.17) is 5.26 Å². The average Bonchev–Trinajstić information content (AvgIpc) is 2.10. The number of hydrogen-bond acceptors (Lipinski definition) is 1. The molecular formula is C11H12FN. The van der Waals surface area contributed by atoms with E-state index in [9.17, 15) is 4.39 Å². The summed E-state index contributed by atoms with van der Waals surface area (Å²) in [7, 11) is 0. The van der Waals surface area contributed by atoms with Gasteiger partial charge in [0.05, 0.1) is 6.07 Å². The van der Waals surface area contributed by atoms with Crippen molar-refractivity contribution in [2.75, 3.05) is 0 Å². The highest BCUT2D eigenvalue weighted by Gasteiger charge is 2.03. The molecule has 0 unspecified atom stereocenters. The van der Waals surface area contributed by atoms with Gasteiger partial charge in [-0.25, -0.2) is 4.39 Å². The van der Waals surface area contributed by atoms with Crippen molar-refractivity contribution >= 4 is 0 Å². The van der Waals surface area contributed by atoms with Gasteiger partial charge in [-0.15, -0.1) is 0 Å². The largest absolute Gasteiger partial charge is 0.207 e. The molecule has 0 aromatic heterocycles. The summed E-state index contributed by atoms with van der Waals surface area (Å²) in [5.74, 6) is -0.173. The Bertz CT molecular complexity index is 327. The highest BCUT2D eigenvalue weighted by molar-refractivity contribution is 5.31. The summed E-state index contributed by atoms with van der Waals surface area (Å²) >= 11 is 0. The second-order valence-electron chi connectivity index (χ2n) is 3.18. The maximum Gasteiger partial charge on any atom is 0.126 e. The minimum atomic E-state index is -0.173. The van der Waals surface area contributed by atoms with Crippen LogP contribution in [-0.2, 0) is 6.42 Å². The molecule has 0 heterocycles. The SMILES string of the molecule is Cc1cc(CCC#N)cc(F)c1C. The first-order valence-electron chi connectivity index (χ1n) is 4.27. The molecule has 1 aromatic carbocycles. The predicted octanol–water partition coefficient (Wildman–Crippen LogP) is 2.90. The molecule has 1 aromatic rings. The Kier molecular flexibility index (Phi) is 3.02. The Hall–Kier alpha value is -1.36. The van der Waals surface area contributed by atoms with Crippen molar-refractivity contribution in [1.82, 2.24) is 0 Å². The van der Waals surface area contributed by atoms with Gasteiger partial charge >= 0.3 is 0 Å². The monoisotopic (exact) mass is 177 g/mol. The van der Waals surface area contributed by atoms with Crippen molar-refractivity contribution in [1.29, 1.82) is 5.26 Å². The molecule has 13 heavy (non-hydrogen) atoms. The summed E-state index contributed by atoms with van der Waals surface area (Å²) in [6.45, 7) is 3.65. The van der Waals surface area contributed by atoms with E-state index in [2.05, 4.69) is 0 Å². The molecule has 0 saturated carbocycles. The van der Waals surface area contributed by atoms with Gasteiger partial charge in [-0.05, 0) is 43.0 Å². The van der Waals surface area contributed by atoms with Crippen LogP contribution in [0.5, 0.6) is 0 Å². The van der Waals surface area contributed by atoms with Gasteiger partial charge in [-0.1, -0.05) is 6.07 Å². The molecule has 1 nitrogen and oxygen atoms in total. The van der Waals surface area contributed by atoms with Gasteiger partial charge in [0.2, 0.25) is 0 Å². The third kappa shape index (κ3) is 2.29. The van der Waals surface area contributed by atoms with Crippen LogP contribution in [0.15, 0.2) is 12.1 Å². The zero-order chi connectivity index (χ0) is 9.84. The van der Waals surface area contributed by atoms with Crippen LogP contribution in [-0.4, -0.2) is 0 Å². The Balaban J connectivity index is 2.94. The number of nitriles is 1. The van der Waals surface area contributed by atoms with Crippen LogP contribution < -0.4 is 0 Å². The minimum absolute atomic E-state index is 0.173. The summed E-state index contributed by atoms with van der Waals surface area (Å²) in [6, 6.07) is 5.50. The Morgan fingerprint density at radius 2 is 2.08 bits per heavy atom. The first-order valence-corrected chi connectivity index (χ1v) is 4.27. The fraction of sp³-hybridized carbons (Fsp3) is 0.364. The molecule has 0 aliphatic heterocycles. The molecule has 2 heteroatoms. The molecule has 68 valence electrons. The molecule has 0 saturated heterocycles. The summed E-state index contributed by atoms with van der Waals surface area (Å²) in [6.07, 6.45) is 1.08. The van der Waals surface area contributed by atoms with E-state index in [0.29, 0.717) is 18.4 Å². The van der Waals surface area contributed by atoms with Gasteiger partial charge in [0.25, 0.3) is 0 Å². The van der Waals surface area contributed by atoms with Gasteiger partial charge in [0.1, 0.15) is 5.82 Å². The minimum Gasteiger partial charge on any atom is -0.207 e. The van der Waals surface area contributed by atoms with Crippen LogP contribution in [0.2, 0.25) is 0 Å². The Labute approximate surface area is 77.8 Å². The highest BCUT2D eigenvalue weighted by Crippen LogP contribution is 2.15. The molecule has 0 radical (unpaired) electrons. The molecule has 1 rings (SSSR count). The van der Waals surface area contributed by atoms with E-state index < -0.39 is 0 Å². The fourth-order valence-electron chi connectivity index (χ4n) is 1.23. The van der Waals surface area contributed by atoms with E-state index in [1.807, 2.05) is 19.1 Å². The first-order chi connectivity index (χ1) is 6.15. The molecule has 0 atom stereocenters. The fourth-order valence-corrected chi connectivity index (χ4v) is 1.23. The molecule has 0 amide bonds. The van der Waals surface area contributed by atoms with Crippen LogP contribution in [0.25, 0.3) is 0 Å². The lowest BCUT2D eigenvalue weighted by Crippen LogP contribution is -1.92. The predicted molar refractivity (Wildman–Crippen MR) is 49.8 cm³/mol. The number of nitrogens with zero attached hydrogens (tertiary/aromatic N) is 1. The van der Waals surface area contributed by atoms with Crippen molar-refractivity contribution in [3.8, 4) is 6.07 Å². The third-order valence-electron chi connectivity index (χ3n) is 2.19.